The van der Waals surface area contributed by atoms with Crippen LogP contribution >= 0.6 is 0 Å². The molecule has 0 aromatic heterocycles. The minimum atomic E-state index is -0.128. The molecule has 1 amide bonds. The third-order valence-electron chi connectivity index (χ3n) is 4.83. The monoisotopic (exact) mass is 268 g/mol. The Bertz CT molecular complexity index is 301. The standard InChI is InChI=1S/C15H28N2O2/c1-17(10-12-8-14(18)9-12)15(19)13-4-2-3-11(7-13)5-6-16/h11-14,18H,2-10,16H2,1H3. The Balaban J connectivity index is 1.77. The SMILES string of the molecule is CN(CC1CC(O)C1)C(=O)C1CCCC(CCN)C1. The molecule has 0 spiro atoms. The molecule has 0 aliphatic heterocycles. The second-order valence-corrected chi connectivity index (χ2v) is 6.52. The highest BCUT2D eigenvalue weighted by Crippen LogP contribution is 2.33. The quantitative estimate of drug-likeness (QED) is 0.791. The minimum Gasteiger partial charge on any atom is -0.393 e. The van der Waals surface area contributed by atoms with Crippen LogP contribution in [-0.2, 0) is 4.79 Å². The summed E-state index contributed by atoms with van der Waals surface area (Å²) in [6.45, 7) is 1.55. The van der Waals surface area contributed by atoms with Gasteiger partial charge in [-0.15, -0.1) is 0 Å². The van der Waals surface area contributed by atoms with E-state index in [4.69, 9.17) is 5.73 Å². The van der Waals surface area contributed by atoms with Crippen molar-refractivity contribution in [3.05, 3.63) is 0 Å². The number of hydrogen-bond acceptors (Lipinski definition) is 3. The van der Waals surface area contributed by atoms with Crippen molar-refractivity contribution in [2.45, 2.75) is 51.0 Å². The van der Waals surface area contributed by atoms with Gasteiger partial charge in [0.15, 0.2) is 0 Å². The van der Waals surface area contributed by atoms with Crippen LogP contribution in [0.2, 0.25) is 0 Å². The van der Waals surface area contributed by atoms with E-state index in [0.717, 1.165) is 51.6 Å². The van der Waals surface area contributed by atoms with E-state index in [1.54, 1.807) is 0 Å². The summed E-state index contributed by atoms with van der Waals surface area (Å²) in [5.41, 5.74) is 5.63. The molecule has 2 saturated carbocycles. The number of hydrogen-bond donors (Lipinski definition) is 2. The number of rotatable bonds is 5. The Hall–Kier alpha value is -0.610. The van der Waals surface area contributed by atoms with Gasteiger partial charge in [0.05, 0.1) is 6.10 Å². The third-order valence-corrected chi connectivity index (χ3v) is 4.83. The molecule has 2 aliphatic carbocycles. The summed E-state index contributed by atoms with van der Waals surface area (Å²) in [4.78, 5) is 14.3. The van der Waals surface area contributed by atoms with Crippen molar-refractivity contribution in [2.24, 2.45) is 23.5 Å². The van der Waals surface area contributed by atoms with E-state index in [1.165, 1.54) is 6.42 Å². The summed E-state index contributed by atoms with van der Waals surface area (Å²) in [7, 11) is 1.92. The summed E-state index contributed by atoms with van der Waals surface area (Å²) in [5, 5.41) is 9.30. The van der Waals surface area contributed by atoms with Gasteiger partial charge in [-0.05, 0) is 50.5 Å². The van der Waals surface area contributed by atoms with Crippen molar-refractivity contribution in [2.75, 3.05) is 20.1 Å². The highest BCUT2D eigenvalue weighted by Gasteiger charge is 2.32. The molecule has 3 N–H and O–H groups in total. The molecule has 2 rings (SSSR count). The van der Waals surface area contributed by atoms with Gasteiger partial charge in [-0.3, -0.25) is 4.79 Å². The van der Waals surface area contributed by atoms with Gasteiger partial charge in [0.2, 0.25) is 5.91 Å². The van der Waals surface area contributed by atoms with Crippen LogP contribution in [0.1, 0.15) is 44.9 Å². The topological polar surface area (TPSA) is 66.6 Å². The predicted molar refractivity (Wildman–Crippen MR) is 75.5 cm³/mol. The van der Waals surface area contributed by atoms with Crippen LogP contribution in [0.5, 0.6) is 0 Å². The molecule has 0 aromatic carbocycles. The normalized spacial score (nSPS) is 34.7. The first-order valence-electron chi connectivity index (χ1n) is 7.73. The van der Waals surface area contributed by atoms with Gasteiger partial charge in [0.25, 0.3) is 0 Å². The van der Waals surface area contributed by atoms with E-state index in [2.05, 4.69) is 0 Å². The van der Waals surface area contributed by atoms with Crippen molar-refractivity contribution in [1.82, 2.24) is 4.90 Å². The van der Waals surface area contributed by atoms with Crippen molar-refractivity contribution >= 4 is 5.91 Å². The fourth-order valence-corrected chi connectivity index (χ4v) is 3.65. The van der Waals surface area contributed by atoms with Gasteiger partial charge in [-0.1, -0.05) is 12.8 Å². The van der Waals surface area contributed by atoms with Gasteiger partial charge in [-0.25, -0.2) is 0 Å². The first-order chi connectivity index (χ1) is 9.10. The van der Waals surface area contributed by atoms with Gasteiger partial charge in [-0.2, -0.15) is 0 Å². The lowest BCUT2D eigenvalue weighted by molar-refractivity contribution is -0.137. The maximum Gasteiger partial charge on any atom is 0.225 e. The number of nitrogens with two attached hydrogens (primary N) is 1. The van der Waals surface area contributed by atoms with E-state index >= 15 is 0 Å². The molecular formula is C15H28N2O2. The summed E-state index contributed by atoms with van der Waals surface area (Å²) < 4.78 is 0. The van der Waals surface area contributed by atoms with Gasteiger partial charge < -0.3 is 15.7 Å². The van der Waals surface area contributed by atoms with Crippen LogP contribution in [0, 0.1) is 17.8 Å². The number of aliphatic hydroxyl groups excluding tert-OH is 1. The van der Waals surface area contributed by atoms with Crippen LogP contribution in [0.4, 0.5) is 0 Å². The van der Waals surface area contributed by atoms with Crippen LogP contribution in [-0.4, -0.2) is 42.2 Å². The lowest BCUT2D eigenvalue weighted by Crippen LogP contribution is -2.42. The van der Waals surface area contributed by atoms with Crippen LogP contribution in [0.25, 0.3) is 0 Å². The van der Waals surface area contributed by atoms with Crippen molar-refractivity contribution in [3.8, 4) is 0 Å². The molecule has 2 unspecified atom stereocenters. The number of nitrogens with zero attached hydrogens (tertiary/aromatic N) is 1. The van der Waals surface area contributed by atoms with E-state index in [9.17, 15) is 9.90 Å². The Labute approximate surface area is 116 Å². The van der Waals surface area contributed by atoms with E-state index in [0.29, 0.717) is 17.7 Å². The Morgan fingerprint density at radius 3 is 2.63 bits per heavy atom. The fraction of sp³-hybridized carbons (Fsp3) is 0.933. The zero-order chi connectivity index (χ0) is 13.8. The Kier molecular flexibility index (Phi) is 5.22. The average molecular weight is 268 g/mol. The number of carbonyl (C=O) groups is 1. The summed E-state index contributed by atoms with van der Waals surface area (Å²) in [5.74, 6) is 1.67. The second kappa shape index (κ2) is 6.71. The molecule has 19 heavy (non-hydrogen) atoms. The maximum atomic E-state index is 12.4. The smallest absolute Gasteiger partial charge is 0.225 e. The molecule has 2 atom stereocenters. The number of carbonyl (C=O) groups excluding carboxylic acids is 1. The molecule has 110 valence electrons. The molecule has 0 aromatic rings. The second-order valence-electron chi connectivity index (χ2n) is 6.52. The van der Waals surface area contributed by atoms with Gasteiger partial charge in [0, 0.05) is 19.5 Å². The van der Waals surface area contributed by atoms with Crippen molar-refractivity contribution in [1.29, 1.82) is 0 Å². The van der Waals surface area contributed by atoms with E-state index in [1.807, 2.05) is 11.9 Å². The van der Waals surface area contributed by atoms with Crippen LogP contribution in [0.15, 0.2) is 0 Å². The lowest BCUT2D eigenvalue weighted by Gasteiger charge is -2.36. The first-order valence-corrected chi connectivity index (χ1v) is 7.73. The number of aliphatic hydroxyl groups is 1. The molecule has 4 heteroatoms. The van der Waals surface area contributed by atoms with Crippen LogP contribution < -0.4 is 5.73 Å². The molecular weight excluding hydrogens is 240 g/mol. The summed E-state index contributed by atoms with van der Waals surface area (Å²) in [6.07, 6.45) is 7.11. The molecule has 0 heterocycles. The lowest BCUT2D eigenvalue weighted by atomic mass is 9.78. The minimum absolute atomic E-state index is 0.128. The van der Waals surface area contributed by atoms with E-state index < -0.39 is 0 Å². The largest absolute Gasteiger partial charge is 0.393 e. The first kappa shape index (κ1) is 14.8. The third kappa shape index (κ3) is 3.93. The Morgan fingerprint density at radius 2 is 2.00 bits per heavy atom. The zero-order valence-electron chi connectivity index (χ0n) is 12.1. The summed E-state index contributed by atoms with van der Waals surface area (Å²) >= 11 is 0. The highest BCUT2D eigenvalue weighted by molar-refractivity contribution is 5.78. The Morgan fingerprint density at radius 1 is 1.26 bits per heavy atom. The van der Waals surface area contributed by atoms with Gasteiger partial charge in [0.1, 0.15) is 0 Å². The molecule has 0 saturated heterocycles. The van der Waals surface area contributed by atoms with Crippen molar-refractivity contribution < 1.29 is 9.90 Å². The fourth-order valence-electron chi connectivity index (χ4n) is 3.65. The molecule has 4 nitrogen and oxygen atoms in total. The number of amides is 1. The van der Waals surface area contributed by atoms with Crippen molar-refractivity contribution in [3.63, 3.8) is 0 Å². The van der Waals surface area contributed by atoms with Gasteiger partial charge >= 0.3 is 0 Å². The molecule has 2 fully saturated rings. The molecule has 0 bridgehead atoms. The van der Waals surface area contributed by atoms with Crippen LogP contribution in [0.3, 0.4) is 0 Å². The highest BCUT2D eigenvalue weighted by atomic mass is 16.3. The average Bonchev–Trinajstić information content (AvgIpc) is 2.36. The molecule has 0 radical (unpaired) electrons. The van der Waals surface area contributed by atoms with E-state index in [-0.39, 0.29) is 12.0 Å². The maximum absolute atomic E-state index is 12.4. The summed E-state index contributed by atoms with van der Waals surface area (Å²) in [6, 6.07) is 0. The predicted octanol–water partition coefficient (Wildman–Crippen LogP) is 1.37. The molecule has 2 aliphatic rings. The zero-order valence-corrected chi connectivity index (χ0v) is 12.1.